The topological polar surface area (TPSA) is 159 Å². The summed E-state index contributed by atoms with van der Waals surface area (Å²) >= 11 is 0. The Hall–Kier alpha value is -2.37. The third kappa shape index (κ3) is 5.96. The lowest BCUT2D eigenvalue weighted by atomic mass is 9.99. The summed E-state index contributed by atoms with van der Waals surface area (Å²) in [5.74, 6) is -0.697. The van der Waals surface area contributed by atoms with E-state index in [1.54, 1.807) is 6.07 Å². The molecule has 0 spiro atoms. The molecule has 2 heterocycles. The molecule has 5 atom stereocenters. The molecule has 1 fully saturated rings. The maximum Gasteiger partial charge on any atom is 0.382 e. The Morgan fingerprint density at radius 3 is 2.45 bits per heavy atom. The van der Waals surface area contributed by atoms with Gasteiger partial charge in [-0.2, -0.15) is 0 Å². The summed E-state index contributed by atoms with van der Waals surface area (Å²) in [6.45, 7) is 2.03. The van der Waals surface area contributed by atoms with Crippen LogP contribution in [-0.2, 0) is 4.74 Å². The molecular weight excluding hydrogens is 436 g/mol. The highest BCUT2D eigenvalue weighted by atomic mass is 16.7. The first-order valence-corrected chi connectivity index (χ1v) is 11.3. The number of hydrogen-bond acceptors (Lipinski definition) is 10. The van der Waals surface area contributed by atoms with Gasteiger partial charge in [0, 0.05) is 6.07 Å². The van der Waals surface area contributed by atoms with Gasteiger partial charge in [0.2, 0.25) is 12.0 Å². The van der Waals surface area contributed by atoms with E-state index in [4.69, 9.17) is 18.6 Å². The lowest BCUT2D eigenvalue weighted by molar-refractivity contribution is -0.277. The van der Waals surface area contributed by atoms with Gasteiger partial charge < -0.3 is 44.2 Å². The molecule has 0 saturated carbocycles. The molecule has 0 aliphatic carbocycles. The van der Waals surface area contributed by atoms with Crippen LogP contribution in [0.15, 0.2) is 27.4 Å². The van der Waals surface area contributed by atoms with Gasteiger partial charge >= 0.3 is 5.63 Å². The van der Waals surface area contributed by atoms with Crippen molar-refractivity contribution < 1.29 is 44.2 Å². The Morgan fingerprint density at radius 2 is 1.73 bits per heavy atom. The van der Waals surface area contributed by atoms with Crippen LogP contribution in [0.1, 0.15) is 45.4 Å². The summed E-state index contributed by atoms with van der Waals surface area (Å²) in [6, 6.07) is 4.64. The highest BCUT2D eigenvalue weighted by Gasteiger charge is 2.45. The number of unbranched alkanes of at least 4 members (excludes halogenated alkanes) is 5. The standard InChI is InChI=1S/C23H32O10/c1-2-3-4-5-6-7-10-30-13-8-9-14-15(11-13)31-22(29)20(28)21(14)33-23-19(27)18(26)17(25)16(12-24)32-23/h8-9,11,16-19,23-28H,2-7,10,12H2,1H3/t16-,17+,18+,19-,23+/m1/s1. The summed E-state index contributed by atoms with van der Waals surface area (Å²) in [7, 11) is 0. The molecule has 0 amide bonds. The van der Waals surface area contributed by atoms with Crippen molar-refractivity contribution in [2.24, 2.45) is 0 Å². The zero-order valence-electron chi connectivity index (χ0n) is 18.6. The van der Waals surface area contributed by atoms with E-state index >= 15 is 0 Å². The fourth-order valence-corrected chi connectivity index (χ4v) is 3.71. The van der Waals surface area contributed by atoms with Gasteiger partial charge in [0.1, 0.15) is 35.7 Å². The molecule has 0 unspecified atom stereocenters. The van der Waals surface area contributed by atoms with Gasteiger partial charge in [-0.15, -0.1) is 0 Å². The minimum Gasteiger partial charge on any atom is -0.499 e. The number of ether oxygens (including phenoxy) is 3. The quantitative estimate of drug-likeness (QED) is 0.241. The average molecular weight is 468 g/mol. The highest BCUT2D eigenvalue weighted by molar-refractivity contribution is 5.86. The molecule has 33 heavy (non-hydrogen) atoms. The Kier molecular flexibility index (Phi) is 8.93. The molecule has 10 nitrogen and oxygen atoms in total. The fourth-order valence-electron chi connectivity index (χ4n) is 3.71. The highest BCUT2D eigenvalue weighted by Crippen LogP contribution is 2.36. The summed E-state index contributed by atoms with van der Waals surface area (Å²) in [5.41, 5.74) is -0.993. The predicted octanol–water partition coefficient (Wildman–Crippen LogP) is 1.42. The Balaban J connectivity index is 1.74. The van der Waals surface area contributed by atoms with Crippen LogP contribution in [0.2, 0.25) is 0 Å². The van der Waals surface area contributed by atoms with E-state index < -0.39 is 48.7 Å². The van der Waals surface area contributed by atoms with Crippen molar-refractivity contribution in [2.45, 2.75) is 76.2 Å². The number of hydrogen-bond donors (Lipinski definition) is 5. The van der Waals surface area contributed by atoms with E-state index in [0.29, 0.717) is 12.4 Å². The van der Waals surface area contributed by atoms with E-state index in [2.05, 4.69) is 6.92 Å². The van der Waals surface area contributed by atoms with E-state index in [1.807, 2.05) is 0 Å². The third-order valence-electron chi connectivity index (χ3n) is 5.66. The van der Waals surface area contributed by atoms with Crippen molar-refractivity contribution >= 4 is 11.0 Å². The van der Waals surface area contributed by atoms with Crippen LogP contribution in [0.25, 0.3) is 11.0 Å². The second-order valence-corrected chi connectivity index (χ2v) is 8.16. The predicted molar refractivity (Wildman–Crippen MR) is 117 cm³/mol. The lowest BCUT2D eigenvalue weighted by Gasteiger charge is -2.39. The molecule has 1 aromatic heterocycles. The van der Waals surface area contributed by atoms with Crippen molar-refractivity contribution in [1.82, 2.24) is 0 Å². The van der Waals surface area contributed by atoms with E-state index in [9.17, 15) is 30.3 Å². The van der Waals surface area contributed by atoms with Gasteiger partial charge in [-0.25, -0.2) is 4.79 Å². The van der Waals surface area contributed by atoms with Crippen molar-refractivity contribution in [2.75, 3.05) is 13.2 Å². The number of benzene rings is 1. The molecule has 0 bridgehead atoms. The minimum atomic E-state index is -1.70. The summed E-state index contributed by atoms with van der Waals surface area (Å²) in [5, 5.41) is 49.8. The molecule has 1 saturated heterocycles. The van der Waals surface area contributed by atoms with E-state index in [-0.39, 0.29) is 16.7 Å². The molecular formula is C23H32O10. The van der Waals surface area contributed by atoms with Gasteiger partial charge in [0.15, 0.2) is 5.75 Å². The van der Waals surface area contributed by atoms with Crippen molar-refractivity contribution in [3.63, 3.8) is 0 Å². The van der Waals surface area contributed by atoms with Gasteiger partial charge in [-0.3, -0.25) is 0 Å². The molecule has 1 aliphatic heterocycles. The molecule has 184 valence electrons. The Labute approximate surface area is 190 Å². The van der Waals surface area contributed by atoms with Gasteiger partial charge in [-0.05, 0) is 18.6 Å². The van der Waals surface area contributed by atoms with Crippen LogP contribution in [0.3, 0.4) is 0 Å². The fraction of sp³-hybridized carbons (Fsp3) is 0.609. The van der Waals surface area contributed by atoms with Crippen LogP contribution >= 0.6 is 0 Å². The number of aromatic hydroxyl groups is 1. The molecule has 0 radical (unpaired) electrons. The SMILES string of the molecule is CCCCCCCCOc1ccc2c(O[C@@H]3O[C@H](CO)[C@H](O)[C@H](O)[C@H]3O)c(O)c(=O)oc2c1. The first-order chi connectivity index (χ1) is 15.9. The second kappa shape index (κ2) is 11.7. The molecule has 1 aromatic carbocycles. The first-order valence-electron chi connectivity index (χ1n) is 11.3. The normalized spacial score (nSPS) is 25.3. The monoisotopic (exact) mass is 468 g/mol. The van der Waals surface area contributed by atoms with Crippen molar-refractivity contribution in [1.29, 1.82) is 0 Å². The molecule has 10 heteroatoms. The maximum atomic E-state index is 12.1. The van der Waals surface area contributed by atoms with Crippen LogP contribution in [0.4, 0.5) is 0 Å². The van der Waals surface area contributed by atoms with Crippen LogP contribution < -0.4 is 15.1 Å². The number of aliphatic hydroxyl groups excluding tert-OH is 4. The van der Waals surface area contributed by atoms with Gasteiger partial charge in [-0.1, -0.05) is 39.0 Å². The molecule has 3 rings (SSSR count). The lowest BCUT2D eigenvalue weighted by Crippen LogP contribution is -2.60. The van der Waals surface area contributed by atoms with Gasteiger partial charge in [0.05, 0.1) is 18.6 Å². The smallest absolute Gasteiger partial charge is 0.382 e. The maximum absolute atomic E-state index is 12.1. The molecule has 2 aromatic rings. The van der Waals surface area contributed by atoms with E-state index in [0.717, 1.165) is 19.3 Å². The molecule has 5 N–H and O–H groups in total. The third-order valence-corrected chi connectivity index (χ3v) is 5.66. The summed E-state index contributed by atoms with van der Waals surface area (Å²) < 4.78 is 21.7. The van der Waals surface area contributed by atoms with Crippen LogP contribution in [0, 0.1) is 0 Å². The van der Waals surface area contributed by atoms with Gasteiger partial charge in [0.25, 0.3) is 0 Å². The Morgan fingerprint density at radius 1 is 1.00 bits per heavy atom. The van der Waals surface area contributed by atoms with Crippen molar-refractivity contribution in [3.8, 4) is 17.2 Å². The zero-order valence-corrected chi connectivity index (χ0v) is 18.6. The summed E-state index contributed by atoms with van der Waals surface area (Å²) in [4.78, 5) is 12.1. The van der Waals surface area contributed by atoms with Crippen LogP contribution in [0.5, 0.6) is 17.2 Å². The minimum absolute atomic E-state index is 0.0813. The van der Waals surface area contributed by atoms with Crippen LogP contribution in [-0.4, -0.2) is 69.5 Å². The van der Waals surface area contributed by atoms with Crippen molar-refractivity contribution in [3.05, 3.63) is 28.6 Å². The largest absolute Gasteiger partial charge is 0.499 e. The Bertz CT molecular complexity index is 956. The zero-order chi connectivity index (χ0) is 24.0. The molecule has 1 aliphatic rings. The number of aliphatic hydroxyl groups is 4. The number of rotatable bonds is 11. The average Bonchev–Trinajstić information content (AvgIpc) is 2.81. The van der Waals surface area contributed by atoms with E-state index in [1.165, 1.54) is 31.4 Å². The summed E-state index contributed by atoms with van der Waals surface area (Å²) in [6.07, 6.45) is -0.978. The number of fused-ring (bicyclic) bond motifs is 1. The second-order valence-electron chi connectivity index (χ2n) is 8.16. The first kappa shape index (κ1) is 25.3.